The lowest BCUT2D eigenvalue weighted by atomic mass is 9.81. The Balaban J connectivity index is 2.22. The van der Waals surface area contributed by atoms with E-state index in [1.54, 1.807) is 25.1 Å². The third kappa shape index (κ3) is 2.52. The van der Waals surface area contributed by atoms with Gasteiger partial charge in [-0.3, -0.25) is 0 Å². The molecule has 1 fully saturated rings. The molecule has 0 aliphatic heterocycles. The Morgan fingerprint density at radius 1 is 1.39 bits per heavy atom. The minimum atomic E-state index is -3.46. The van der Waals surface area contributed by atoms with Crippen molar-refractivity contribution in [2.75, 3.05) is 5.73 Å². The molecule has 0 radical (unpaired) electrons. The van der Waals surface area contributed by atoms with Crippen LogP contribution in [0.15, 0.2) is 23.1 Å². The minimum Gasteiger partial charge on any atom is -0.398 e. The van der Waals surface area contributed by atoms with Gasteiger partial charge in [0.15, 0.2) is 0 Å². The van der Waals surface area contributed by atoms with Gasteiger partial charge in [-0.2, -0.15) is 0 Å². The highest BCUT2D eigenvalue weighted by Gasteiger charge is 2.28. The minimum absolute atomic E-state index is 0.00965. The summed E-state index contributed by atoms with van der Waals surface area (Å²) in [5, 5.41) is 0. The second kappa shape index (κ2) is 4.90. The Labute approximate surface area is 109 Å². The van der Waals surface area contributed by atoms with E-state index >= 15 is 0 Å². The van der Waals surface area contributed by atoms with Gasteiger partial charge in [0.2, 0.25) is 10.0 Å². The Kier molecular flexibility index (Phi) is 3.64. The summed E-state index contributed by atoms with van der Waals surface area (Å²) in [6.45, 7) is 3.67. The molecule has 0 spiro atoms. The fraction of sp³-hybridized carbons (Fsp3) is 0.538. The number of benzene rings is 1. The first-order chi connectivity index (χ1) is 8.42. The standard InChI is InChI=1S/C13H20N2O2S/c1-9-12(14)7-4-8-13(9)18(16,17)15-10(2)11-5-3-6-11/h4,7-8,10-11,15H,3,5-6,14H2,1-2H3. The van der Waals surface area contributed by atoms with Crippen LogP contribution in [0.1, 0.15) is 31.7 Å². The molecule has 1 aliphatic carbocycles. The second-order valence-electron chi connectivity index (χ2n) is 5.07. The number of anilines is 1. The maximum atomic E-state index is 12.3. The molecule has 4 nitrogen and oxygen atoms in total. The molecule has 1 atom stereocenters. The highest BCUT2D eigenvalue weighted by molar-refractivity contribution is 7.89. The van der Waals surface area contributed by atoms with E-state index in [1.165, 1.54) is 6.42 Å². The Bertz CT molecular complexity index is 536. The monoisotopic (exact) mass is 268 g/mol. The number of nitrogens with one attached hydrogen (secondary N) is 1. The van der Waals surface area contributed by atoms with Gasteiger partial charge in [0.05, 0.1) is 4.90 Å². The Morgan fingerprint density at radius 2 is 2.06 bits per heavy atom. The van der Waals surface area contributed by atoms with E-state index < -0.39 is 10.0 Å². The van der Waals surface area contributed by atoms with Crippen LogP contribution in [0.3, 0.4) is 0 Å². The van der Waals surface area contributed by atoms with Gasteiger partial charge in [-0.25, -0.2) is 13.1 Å². The van der Waals surface area contributed by atoms with Gasteiger partial charge in [0.25, 0.3) is 0 Å². The van der Waals surface area contributed by atoms with Crippen LogP contribution in [-0.4, -0.2) is 14.5 Å². The molecule has 0 heterocycles. The first-order valence-electron chi connectivity index (χ1n) is 6.29. The molecule has 1 aromatic rings. The highest BCUT2D eigenvalue weighted by atomic mass is 32.2. The van der Waals surface area contributed by atoms with E-state index in [4.69, 9.17) is 5.73 Å². The fourth-order valence-electron chi connectivity index (χ4n) is 2.27. The molecule has 3 N–H and O–H groups in total. The molecular weight excluding hydrogens is 248 g/mol. The van der Waals surface area contributed by atoms with Crippen LogP contribution in [0.5, 0.6) is 0 Å². The van der Waals surface area contributed by atoms with Crippen LogP contribution in [0.2, 0.25) is 0 Å². The predicted octanol–water partition coefficient (Wildman–Crippen LogP) is 2.04. The van der Waals surface area contributed by atoms with Crippen LogP contribution in [0.25, 0.3) is 0 Å². The molecule has 18 heavy (non-hydrogen) atoms. The summed E-state index contributed by atoms with van der Waals surface area (Å²) in [5.41, 5.74) is 6.88. The summed E-state index contributed by atoms with van der Waals surface area (Å²) in [7, 11) is -3.46. The third-order valence-corrected chi connectivity index (χ3v) is 5.52. The van der Waals surface area contributed by atoms with E-state index in [0.29, 0.717) is 17.2 Å². The van der Waals surface area contributed by atoms with Crippen LogP contribution < -0.4 is 10.5 Å². The van der Waals surface area contributed by atoms with E-state index in [2.05, 4.69) is 4.72 Å². The van der Waals surface area contributed by atoms with Gasteiger partial charge >= 0.3 is 0 Å². The van der Waals surface area contributed by atoms with Crippen molar-refractivity contribution in [2.24, 2.45) is 5.92 Å². The first-order valence-corrected chi connectivity index (χ1v) is 7.77. The molecule has 0 bridgehead atoms. The van der Waals surface area contributed by atoms with Crippen LogP contribution in [-0.2, 0) is 10.0 Å². The molecular formula is C13H20N2O2S. The molecule has 5 heteroatoms. The largest absolute Gasteiger partial charge is 0.398 e. The molecule has 1 aliphatic rings. The smallest absolute Gasteiger partial charge is 0.241 e. The maximum absolute atomic E-state index is 12.3. The van der Waals surface area contributed by atoms with Crippen molar-refractivity contribution >= 4 is 15.7 Å². The third-order valence-electron chi connectivity index (χ3n) is 3.81. The van der Waals surface area contributed by atoms with Gasteiger partial charge in [-0.05, 0) is 50.3 Å². The van der Waals surface area contributed by atoms with Crippen LogP contribution >= 0.6 is 0 Å². The topological polar surface area (TPSA) is 72.2 Å². The summed E-state index contributed by atoms with van der Waals surface area (Å²) < 4.78 is 27.3. The van der Waals surface area contributed by atoms with E-state index in [1.807, 2.05) is 6.92 Å². The van der Waals surface area contributed by atoms with Gasteiger partial charge in [-0.1, -0.05) is 12.5 Å². The van der Waals surface area contributed by atoms with Crippen LogP contribution in [0, 0.1) is 12.8 Å². The summed E-state index contributed by atoms with van der Waals surface area (Å²) in [6, 6.07) is 4.97. The summed E-state index contributed by atoms with van der Waals surface area (Å²) in [6.07, 6.45) is 3.42. The van der Waals surface area contributed by atoms with Crippen molar-refractivity contribution in [3.8, 4) is 0 Å². The maximum Gasteiger partial charge on any atom is 0.241 e. The van der Waals surface area contributed by atoms with Gasteiger partial charge in [0.1, 0.15) is 0 Å². The average molecular weight is 268 g/mol. The number of sulfonamides is 1. The van der Waals surface area contributed by atoms with E-state index in [-0.39, 0.29) is 10.9 Å². The van der Waals surface area contributed by atoms with Gasteiger partial charge < -0.3 is 5.73 Å². The van der Waals surface area contributed by atoms with Crippen molar-refractivity contribution in [3.05, 3.63) is 23.8 Å². The van der Waals surface area contributed by atoms with Gasteiger partial charge in [0, 0.05) is 11.7 Å². The number of rotatable bonds is 4. The van der Waals surface area contributed by atoms with Crippen molar-refractivity contribution in [1.82, 2.24) is 4.72 Å². The second-order valence-corrected chi connectivity index (χ2v) is 6.75. The Hall–Kier alpha value is -1.07. The lowest BCUT2D eigenvalue weighted by Crippen LogP contribution is -2.40. The zero-order chi connectivity index (χ0) is 13.3. The predicted molar refractivity (Wildman–Crippen MR) is 72.7 cm³/mol. The molecule has 100 valence electrons. The molecule has 0 amide bonds. The lowest BCUT2D eigenvalue weighted by Gasteiger charge is -2.31. The molecule has 0 aromatic heterocycles. The number of hydrogen-bond donors (Lipinski definition) is 2. The quantitative estimate of drug-likeness (QED) is 0.821. The molecule has 1 aromatic carbocycles. The zero-order valence-corrected chi connectivity index (χ0v) is 11.6. The summed E-state index contributed by atoms with van der Waals surface area (Å²) >= 11 is 0. The fourth-order valence-corrected chi connectivity index (χ4v) is 3.85. The van der Waals surface area contributed by atoms with E-state index in [9.17, 15) is 8.42 Å². The summed E-state index contributed by atoms with van der Waals surface area (Å²) in [5.74, 6) is 0.473. The highest BCUT2D eigenvalue weighted by Crippen LogP contribution is 2.30. The van der Waals surface area contributed by atoms with Gasteiger partial charge in [-0.15, -0.1) is 0 Å². The Morgan fingerprint density at radius 3 is 2.61 bits per heavy atom. The lowest BCUT2D eigenvalue weighted by molar-refractivity contribution is 0.260. The number of hydrogen-bond acceptors (Lipinski definition) is 3. The normalized spacial score (nSPS) is 18.3. The molecule has 2 rings (SSSR count). The molecule has 1 unspecified atom stereocenters. The SMILES string of the molecule is Cc1c(N)cccc1S(=O)(=O)NC(C)C1CCC1. The van der Waals surface area contributed by atoms with Crippen LogP contribution in [0.4, 0.5) is 5.69 Å². The van der Waals surface area contributed by atoms with Crippen molar-refractivity contribution in [2.45, 2.75) is 44.0 Å². The van der Waals surface area contributed by atoms with E-state index in [0.717, 1.165) is 12.8 Å². The summed E-state index contributed by atoms with van der Waals surface area (Å²) in [4.78, 5) is 0.286. The van der Waals surface area contributed by atoms with Crippen molar-refractivity contribution in [1.29, 1.82) is 0 Å². The average Bonchev–Trinajstić information content (AvgIpc) is 2.18. The zero-order valence-electron chi connectivity index (χ0n) is 10.8. The van der Waals surface area contributed by atoms with Crippen molar-refractivity contribution in [3.63, 3.8) is 0 Å². The molecule has 1 saturated carbocycles. The number of nitrogen functional groups attached to an aromatic ring is 1. The van der Waals surface area contributed by atoms with Crippen molar-refractivity contribution < 1.29 is 8.42 Å². The molecule has 0 saturated heterocycles. The first kappa shape index (κ1) is 13.4. The number of nitrogens with two attached hydrogens (primary N) is 1.